The van der Waals surface area contributed by atoms with E-state index in [1.54, 1.807) is 0 Å². The lowest BCUT2D eigenvalue weighted by atomic mass is 9.83. The minimum absolute atomic E-state index is 0.594. The molecule has 0 saturated heterocycles. The van der Waals surface area contributed by atoms with E-state index in [0.29, 0.717) is 5.92 Å². The first-order valence-electron chi connectivity index (χ1n) is 22.7. The molecular weight excluding hydrogens is 777 g/mol. The van der Waals surface area contributed by atoms with Crippen LogP contribution in [0.15, 0.2) is 224 Å². The molecule has 0 amide bonds. The lowest BCUT2D eigenvalue weighted by molar-refractivity contribution is 0.445. The first-order valence-corrected chi connectivity index (χ1v) is 24.7. The maximum absolute atomic E-state index is 2.59. The van der Waals surface area contributed by atoms with Crippen LogP contribution in [0.5, 0.6) is 0 Å². The van der Waals surface area contributed by atoms with Gasteiger partial charge in [-0.15, -0.1) is 0 Å². The van der Waals surface area contributed by atoms with Gasteiger partial charge in [0.25, 0.3) is 0 Å². The maximum atomic E-state index is 2.56. The van der Waals surface area contributed by atoms with Crippen LogP contribution in [0.3, 0.4) is 0 Å². The smallest absolute Gasteiger partial charge is 0.179 e. The minimum Gasteiger partial charge on any atom is -0.309 e. The zero-order valence-corrected chi connectivity index (χ0v) is 36.4. The van der Waals surface area contributed by atoms with Crippen molar-refractivity contribution < 1.29 is 0 Å². The molecule has 2 nitrogen and oxygen atoms in total. The summed E-state index contributed by atoms with van der Waals surface area (Å²) in [5.41, 5.74) is 11.4. The Morgan fingerprint density at radius 2 is 0.794 bits per heavy atom. The fourth-order valence-corrected chi connectivity index (χ4v) is 16.0. The van der Waals surface area contributed by atoms with Gasteiger partial charge in [0.05, 0.1) is 22.1 Å². The zero-order chi connectivity index (χ0) is 41.7. The Kier molecular flexibility index (Phi) is 9.30. The summed E-state index contributed by atoms with van der Waals surface area (Å²) in [4.78, 5) is 0. The molecule has 0 aliphatic heterocycles. The summed E-state index contributed by atoms with van der Waals surface area (Å²) in [7, 11) is -2.59. The number of hydrogen-bond acceptors (Lipinski definition) is 0. The summed E-state index contributed by atoms with van der Waals surface area (Å²) >= 11 is 0. The van der Waals surface area contributed by atoms with Crippen LogP contribution >= 0.6 is 0 Å². The van der Waals surface area contributed by atoms with E-state index >= 15 is 0 Å². The Hall–Kier alpha value is -7.20. The predicted molar refractivity (Wildman–Crippen MR) is 270 cm³/mol. The monoisotopic (exact) mass is 824 g/mol. The van der Waals surface area contributed by atoms with Crippen molar-refractivity contribution in [3.05, 3.63) is 230 Å². The number of para-hydroxylation sites is 3. The van der Waals surface area contributed by atoms with Crippen LogP contribution in [0.1, 0.15) is 43.6 Å². The molecule has 0 spiro atoms. The van der Waals surface area contributed by atoms with Crippen LogP contribution in [0.4, 0.5) is 0 Å². The molecule has 0 radical (unpaired) electrons. The van der Waals surface area contributed by atoms with Crippen molar-refractivity contribution in [3.8, 4) is 22.5 Å². The summed E-state index contributed by atoms with van der Waals surface area (Å²) in [6.07, 6.45) is 6.52. The second-order valence-corrected chi connectivity index (χ2v) is 21.3. The minimum atomic E-state index is -2.59. The maximum Gasteiger partial charge on any atom is 0.179 e. The average Bonchev–Trinajstić information content (AvgIpc) is 3.88. The van der Waals surface area contributed by atoms with Gasteiger partial charge in [-0.2, -0.15) is 0 Å². The first-order chi connectivity index (χ1) is 31.3. The van der Waals surface area contributed by atoms with Crippen molar-refractivity contribution >= 4 is 72.4 Å². The number of hydrogen-bond donors (Lipinski definition) is 0. The Morgan fingerprint density at radius 1 is 0.333 bits per heavy atom. The molecule has 11 aromatic rings. The molecule has 0 unspecified atom stereocenters. The molecule has 12 rings (SSSR count). The molecule has 1 fully saturated rings. The lowest BCUT2D eigenvalue weighted by Crippen LogP contribution is -2.74. The quantitative estimate of drug-likeness (QED) is 0.107. The Balaban J connectivity index is 0.971. The largest absolute Gasteiger partial charge is 0.309 e. The average molecular weight is 825 g/mol. The number of aromatic nitrogens is 2. The first kappa shape index (κ1) is 37.5. The van der Waals surface area contributed by atoms with Gasteiger partial charge in [0.1, 0.15) is 0 Å². The third-order valence-electron chi connectivity index (χ3n) is 14.1. The summed E-state index contributed by atoms with van der Waals surface area (Å²) in [5.74, 6) is 0.594. The molecule has 1 saturated carbocycles. The molecule has 0 atom stereocenters. The van der Waals surface area contributed by atoms with Crippen molar-refractivity contribution in [2.45, 2.75) is 38.0 Å². The van der Waals surface area contributed by atoms with Crippen LogP contribution < -0.4 is 20.7 Å². The molecule has 2 aromatic heterocycles. The fraction of sp³-hybridized carbons (Fsp3) is 0.100. The SMILES string of the molecule is c1ccc([Si](c2ccccc2)(c2ccccc2)c2ccc(-c3ccc(-n4c5ccccc5c5ccc(-n6c7ccccc7c7cccc(C8CCCCC8)c76)cc54)cc3)cc2)cc1. The van der Waals surface area contributed by atoms with Gasteiger partial charge in [0.15, 0.2) is 8.07 Å². The van der Waals surface area contributed by atoms with E-state index in [1.165, 1.54) is 119 Å². The molecule has 1 aliphatic rings. The molecule has 1 aliphatic carbocycles. The zero-order valence-electron chi connectivity index (χ0n) is 35.4. The van der Waals surface area contributed by atoms with Gasteiger partial charge in [-0.25, -0.2) is 0 Å². The number of nitrogens with zero attached hydrogens (tertiary/aromatic N) is 2. The summed E-state index contributed by atoms with van der Waals surface area (Å²) in [5, 5.41) is 10.7. The number of benzene rings is 9. The van der Waals surface area contributed by atoms with E-state index in [2.05, 4.69) is 234 Å². The Bertz CT molecular complexity index is 3300. The number of fused-ring (bicyclic) bond motifs is 6. The van der Waals surface area contributed by atoms with Gasteiger partial charge in [-0.3, -0.25) is 0 Å². The van der Waals surface area contributed by atoms with Crippen molar-refractivity contribution in [2.75, 3.05) is 0 Å². The molecular formula is C60H48N2Si. The molecule has 302 valence electrons. The van der Waals surface area contributed by atoms with Crippen molar-refractivity contribution in [1.82, 2.24) is 9.13 Å². The molecule has 9 aromatic carbocycles. The molecule has 2 heterocycles. The summed E-state index contributed by atoms with van der Waals surface area (Å²) in [6, 6.07) is 84.2. The van der Waals surface area contributed by atoms with Gasteiger partial charge in [0, 0.05) is 32.9 Å². The normalized spacial score (nSPS) is 13.7. The molecule has 0 N–H and O–H groups in total. The van der Waals surface area contributed by atoms with Crippen LogP contribution in [0.2, 0.25) is 0 Å². The molecule has 63 heavy (non-hydrogen) atoms. The second-order valence-electron chi connectivity index (χ2n) is 17.5. The van der Waals surface area contributed by atoms with Crippen molar-refractivity contribution in [1.29, 1.82) is 0 Å². The van der Waals surface area contributed by atoms with Crippen molar-refractivity contribution in [3.63, 3.8) is 0 Å². The van der Waals surface area contributed by atoms with Crippen LogP contribution in [0.25, 0.3) is 66.1 Å². The molecule has 3 heteroatoms. The fourth-order valence-electron chi connectivity index (χ4n) is 11.2. The Morgan fingerprint density at radius 3 is 1.40 bits per heavy atom. The van der Waals surface area contributed by atoms with E-state index in [9.17, 15) is 0 Å². The topological polar surface area (TPSA) is 9.86 Å². The second kappa shape index (κ2) is 15.6. The van der Waals surface area contributed by atoms with Crippen LogP contribution in [-0.4, -0.2) is 17.2 Å². The van der Waals surface area contributed by atoms with Gasteiger partial charge < -0.3 is 9.13 Å². The third kappa shape index (κ3) is 6.13. The van der Waals surface area contributed by atoms with Crippen LogP contribution in [0, 0.1) is 0 Å². The van der Waals surface area contributed by atoms with Gasteiger partial charge >= 0.3 is 0 Å². The standard InChI is InChI=1S/C60H48N2Si/c1-5-18-45(19-6-1)52-28-17-29-56-54-27-14-16-31-58(54)62(60(52)56)47-38-41-55-53-26-13-15-30-57(53)61(59(55)42-47)46-36-32-43(33-37-46)44-34-39-51(40-35-44)63(48-20-7-2-8-21-48,49-22-9-3-10-23-49)50-24-11-4-12-25-50/h2-4,7-17,20-42,45H,1,5-6,18-19H2. The van der Waals surface area contributed by atoms with Crippen molar-refractivity contribution in [2.24, 2.45) is 0 Å². The Labute approximate surface area is 370 Å². The van der Waals surface area contributed by atoms with E-state index in [1.807, 2.05) is 0 Å². The lowest BCUT2D eigenvalue weighted by Gasteiger charge is -2.34. The summed E-state index contributed by atoms with van der Waals surface area (Å²) < 4.78 is 5.03. The highest BCUT2D eigenvalue weighted by atomic mass is 28.3. The van der Waals surface area contributed by atoms with Gasteiger partial charge in [-0.1, -0.05) is 207 Å². The third-order valence-corrected chi connectivity index (χ3v) is 18.9. The predicted octanol–water partition coefficient (Wildman–Crippen LogP) is 13.0. The highest BCUT2D eigenvalue weighted by molar-refractivity contribution is 7.19. The van der Waals surface area contributed by atoms with Gasteiger partial charge in [-0.05, 0) is 92.6 Å². The van der Waals surface area contributed by atoms with E-state index in [-0.39, 0.29) is 0 Å². The van der Waals surface area contributed by atoms with Crippen LogP contribution in [-0.2, 0) is 0 Å². The van der Waals surface area contributed by atoms with E-state index < -0.39 is 8.07 Å². The van der Waals surface area contributed by atoms with E-state index in [4.69, 9.17) is 0 Å². The highest BCUT2D eigenvalue weighted by Gasteiger charge is 2.41. The molecule has 0 bridgehead atoms. The number of rotatable bonds is 8. The van der Waals surface area contributed by atoms with Gasteiger partial charge in [0.2, 0.25) is 0 Å². The highest BCUT2D eigenvalue weighted by Crippen LogP contribution is 2.42. The summed E-state index contributed by atoms with van der Waals surface area (Å²) in [6.45, 7) is 0. The van der Waals surface area contributed by atoms with E-state index in [0.717, 1.165) is 5.69 Å².